The molecule has 23 heavy (non-hydrogen) atoms. The minimum Gasteiger partial charge on any atom is -0.362 e. The first-order valence-corrected chi connectivity index (χ1v) is 9.54. The minimum atomic E-state index is 0.582. The van der Waals surface area contributed by atoms with E-state index in [0.29, 0.717) is 21.7 Å². The lowest BCUT2D eigenvalue weighted by molar-refractivity contribution is 0.858. The Balaban J connectivity index is 1.60. The fourth-order valence-corrected chi connectivity index (χ4v) is 3.37. The van der Waals surface area contributed by atoms with Gasteiger partial charge in [0.15, 0.2) is 5.11 Å². The first kappa shape index (κ1) is 18.4. The van der Waals surface area contributed by atoms with Gasteiger partial charge in [-0.05, 0) is 35.5 Å². The molecule has 0 amide bonds. The summed E-state index contributed by atoms with van der Waals surface area (Å²) in [5, 5.41) is 8.27. The average Bonchev–Trinajstić information content (AvgIpc) is 2.54. The first-order valence-electron chi connectivity index (χ1n) is 7.22. The van der Waals surface area contributed by atoms with Crippen molar-refractivity contribution in [3.05, 3.63) is 69.7 Å². The molecule has 0 unspecified atom stereocenters. The summed E-state index contributed by atoms with van der Waals surface area (Å²) >= 11 is 19.1. The van der Waals surface area contributed by atoms with Gasteiger partial charge in [0.05, 0.1) is 0 Å². The number of hydrogen-bond donors (Lipinski definition) is 2. The van der Waals surface area contributed by atoms with Gasteiger partial charge in [0.25, 0.3) is 0 Å². The molecular weight excluding hydrogens is 367 g/mol. The number of halogens is 2. The maximum Gasteiger partial charge on any atom is 0.166 e. The quantitative estimate of drug-likeness (QED) is 0.524. The van der Waals surface area contributed by atoms with Crippen molar-refractivity contribution in [1.82, 2.24) is 10.6 Å². The van der Waals surface area contributed by atoms with Gasteiger partial charge in [-0.1, -0.05) is 59.6 Å². The van der Waals surface area contributed by atoms with Crippen LogP contribution in [0.2, 0.25) is 10.0 Å². The Kier molecular flexibility index (Phi) is 8.03. The van der Waals surface area contributed by atoms with E-state index in [0.717, 1.165) is 23.6 Å². The SMILES string of the molecule is S=C(NCCSCc1ccccc1)NCc1ccc(Cl)cc1Cl. The summed E-state index contributed by atoms with van der Waals surface area (Å²) in [6, 6.07) is 15.9. The monoisotopic (exact) mass is 384 g/mol. The second-order valence-electron chi connectivity index (χ2n) is 4.88. The zero-order chi connectivity index (χ0) is 16.5. The molecule has 2 rings (SSSR count). The van der Waals surface area contributed by atoms with Gasteiger partial charge in [-0.15, -0.1) is 0 Å². The summed E-state index contributed by atoms with van der Waals surface area (Å²) in [4.78, 5) is 0. The van der Waals surface area contributed by atoms with Crippen molar-refractivity contribution in [1.29, 1.82) is 0 Å². The summed E-state index contributed by atoms with van der Waals surface area (Å²) in [7, 11) is 0. The van der Waals surface area contributed by atoms with Gasteiger partial charge in [-0.25, -0.2) is 0 Å². The molecule has 0 aromatic heterocycles. The molecule has 2 nitrogen and oxygen atoms in total. The topological polar surface area (TPSA) is 24.1 Å². The number of hydrogen-bond acceptors (Lipinski definition) is 2. The van der Waals surface area contributed by atoms with Crippen molar-refractivity contribution in [3.8, 4) is 0 Å². The molecule has 2 aromatic rings. The van der Waals surface area contributed by atoms with Crippen LogP contribution in [-0.4, -0.2) is 17.4 Å². The maximum absolute atomic E-state index is 6.13. The largest absolute Gasteiger partial charge is 0.362 e. The van der Waals surface area contributed by atoms with Crippen LogP contribution in [0.15, 0.2) is 48.5 Å². The molecule has 0 spiro atoms. The fraction of sp³-hybridized carbons (Fsp3) is 0.235. The highest BCUT2D eigenvalue weighted by Gasteiger charge is 2.02. The molecule has 2 aromatic carbocycles. The van der Waals surface area contributed by atoms with Gasteiger partial charge in [-0.2, -0.15) is 11.8 Å². The molecule has 0 bridgehead atoms. The number of benzene rings is 2. The van der Waals surface area contributed by atoms with E-state index < -0.39 is 0 Å². The van der Waals surface area contributed by atoms with Gasteiger partial charge >= 0.3 is 0 Å². The molecule has 0 aliphatic carbocycles. The Hall–Kier alpha value is -0.940. The Bertz CT molecular complexity index is 636. The number of rotatable bonds is 7. The molecule has 0 aliphatic rings. The third kappa shape index (κ3) is 7.00. The van der Waals surface area contributed by atoms with Crippen LogP contribution in [-0.2, 0) is 12.3 Å². The van der Waals surface area contributed by atoms with E-state index in [2.05, 4.69) is 34.9 Å². The van der Waals surface area contributed by atoms with Crippen molar-refractivity contribution in [2.75, 3.05) is 12.3 Å². The molecule has 0 atom stereocenters. The summed E-state index contributed by atoms with van der Waals surface area (Å²) in [5.41, 5.74) is 2.31. The van der Waals surface area contributed by atoms with Gasteiger partial charge in [0, 0.05) is 34.6 Å². The fourth-order valence-electron chi connectivity index (χ4n) is 1.90. The highest BCUT2D eigenvalue weighted by molar-refractivity contribution is 7.98. The van der Waals surface area contributed by atoms with Gasteiger partial charge in [0.2, 0.25) is 0 Å². The van der Waals surface area contributed by atoms with E-state index in [1.54, 1.807) is 6.07 Å². The predicted octanol–water partition coefficient (Wildman–Crippen LogP) is 4.89. The molecule has 0 saturated carbocycles. The van der Waals surface area contributed by atoms with Gasteiger partial charge in [-0.3, -0.25) is 0 Å². The molecule has 0 radical (unpaired) electrons. The summed E-state index contributed by atoms with van der Waals surface area (Å²) in [6.07, 6.45) is 0. The second kappa shape index (κ2) is 10.0. The molecule has 6 heteroatoms. The minimum absolute atomic E-state index is 0.582. The Morgan fingerprint density at radius 2 is 1.83 bits per heavy atom. The normalized spacial score (nSPS) is 10.3. The van der Waals surface area contributed by atoms with Crippen LogP contribution in [0.25, 0.3) is 0 Å². The first-order chi connectivity index (χ1) is 11.1. The number of thiocarbonyl (C=S) groups is 1. The van der Waals surface area contributed by atoms with E-state index in [1.807, 2.05) is 30.0 Å². The summed E-state index contributed by atoms with van der Waals surface area (Å²) in [6.45, 7) is 1.41. The Morgan fingerprint density at radius 3 is 2.57 bits per heavy atom. The van der Waals surface area contributed by atoms with E-state index in [4.69, 9.17) is 35.4 Å². The molecule has 0 saturated heterocycles. The zero-order valence-electron chi connectivity index (χ0n) is 12.5. The van der Waals surface area contributed by atoms with Crippen LogP contribution in [0.4, 0.5) is 0 Å². The Labute approximate surface area is 157 Å². The molecule has 2 N–H and O–H groups in total. The molecule has 122 valence electrons. The van der Waals surface area contributed by atoms with Crippen LogP contribution in [0.3, 0.4) is 0 Å². The summed E-state index contributed by atoms with van der Waals surface area (Å²) in [5.74, 6) is 2.02. The van der Waals surface area contributed by atoms with Gasteiger partial charge < -0.3 is 10.6 Å². The highest BCUT2D eigenvalue weighted by atomic mass is 35.5. The van der Waals surface area contributed by atoms with Crippen molar-refractivity contribution in [2.24, 2.45) is 0 Å². The molecule has 0 aliphatic heterocycles. The smallest absolute Gasteiger partial charge is 0.166 e. The van der Waals surface area contributed by atoms with Crippen molar-refractivity contribution >= 4 is 52.3 Å². The lowest BCUT2D eigenvalue weighted by Gasteiger charge is -2.11. The summed E-state index contributed by atoms with van der Waals surface area (Å²) < 4.78 is 0. The van der Waals surface area contributed by atoms with E-state index in [1.165, 1.54) is 5.56 Å². The third-order valence-corrected chi connectivity index (χ3v) is 5.00. The number of thioether (sulfide) groups is 1. The zero-order valence-corrected chi connectivity index (χ0v) is 15.7. The van der Waals surface area contributed by atoms with Crippen molar-refractivity contribution in [3.63, 3.8) is 0 Å². The second-order valence-corrected chi connectivity index (χ2v) is 7.24. The third-order valence-electron chi connectivity index (χ3n) is 3.10. The maximum atomic E-state index is 6.13. The van der Waals surface area contributed by atoms with E-state index in [9.17, 15) is 0 Å². The molecule has 0 fully saturated rings. The Morgan fingerprint density at radius 1 is 1.04 bits per heavy atom. The van der Waals surface area contributed by atoms with Crippen LogP contribution < -0.4 is 10.6 Å². The van der Waals surface area contributed by atoms with E-state index in [-0.39, 0.29) is 0 Å². The lowest BCUT2D eigenvalue weighted by Crippen LogP contribution is -2.36. The average molecular weight is 385 g/mol. The van der Waals surface area contributed by atoms with Crippen molar-refractivity contribution < 1.29 is 0 Å². The van der Waals surface area contributed by atoms with Crippen LogP contribution in [0, 0.1) is 0 Å². The standard InChI is InChI=1S/C17H18Cl2N2S2/c18-15-7-6-14(16(19)10-15)11-21-17(22)20-8-9-23-12-13-4-2-1-3-5-13/h1-7,10H,8-9,11-12H2,(H2,20,21,22). The molecular formula is C17H18Cl2N2S2. The predicted molar refractivity (Wildman–Crippen MR) is 107 cm³/mol. The molecule has 0 heterocycles. The van der Waals surface area contributed by atoms with E-state index >= 15 is 0 Å². The highest BCUT2D eigenvalue weighted by Crippen LogP contribution is 2.20. The van der Waals surface area contributed by atoms with Crippen molar-refractivity contribution in [2.45, 2.75) is 12.3 Å². The van der Waals surface area contributed by atoms with Crippen LogP contribution in [0.1, 0.15) is 11.1 Å². The lowest BCUT2D eigenvalue weighted by atomic mass is 10.2. The van der Waals surface area contributed by atoms with Crippen LogP contribution in [0.5, 0.6) is 0 Å². The van der Waals surface area contributed by atoms with Crippen LogP contribution >= 0.6 is 47.2 Å². The number of nitrogens with one attached hydrogen (secondary N) is 2. The van der Waals surface area contributed by atoms with Gasteiger partial charge in [0.1, 0.15) is 0 Å².